The number of nitrogens with one attached hydrogen (secondary N) is 1. The Labute approximate surface area is 96.0 Å². The summed E-state index contributed by atoms with van der Waals surface area (Å²) < 4.78 is 4.89. The molecule has 1 N–H and O–H groups in total. The van der Waals surface area contributed by atoms with Gasteiger partial charge in [0.15, 0.2) is 0 Å². The fraction of sp³-hybridized carbons (Fsp3) is 0.667. The molecule has 0 aromatic carbocycles. The van der Waals surface area contributed by atoms with Gasteiger partial charge in [-0.1, -0.05) is 19.3 Å². The van der Waals surface area contributed by atoms with Gasteiger partial charge in [0, 0.05) is 18.7 Å². The molecule has 1 rings (SSSR count). The molecule has 0 amide bonds. The lowest BCUT2D eigenvalue weighted by Gasteiger charge is -2.22. The molecule has 4 nitrogen and oxygen atoms in total. The highest BCUT2D eigenvalue weighted by molar-refractivity contribution is 5.86. The van der Waals surface area contributed by atoms with Crippen LogP contribution >= 0.6 is 0 Å². The van der Waals surface area contributed by atoms with Crippen LogP contribution in [0.1, 0.15) is 32.1 Å². The van der Waals surface area contributed by atoms with Gasteiger partial charge in [0.1, 0.15) is 12.9 Å². The molecular weight excluding hydrogens is 206 g/mol. The predicted molar refractivity (Wildman–Crippen MR) is 61.0 cm³/mol. The van der Waals surface area contributed by atoms with Crippen molar-refractivity contribution in [2.75, 3.05) is 13.2 Å². The Bertz CT molecular complexity index is 245. The number of aldehydes is 1. The molecule has 1 aliphatic rings. The van der Waals surface area contributed by atoms with Crippen molar-refractivity contribution in [3.63, 3.8) is 0 Å². The molecule has 4 heteroatoms. The molecule has 0 unspecified atom stereocenters. The van der Waals surface area contributed by atoms with E-state index >= 15 is 0 Å². The van der Waals surface area contributed by atoms with Crippen molar-refractivity contribution in [3.05, 3.63) is 12.2 Å². The van der Waals surface area contributed by atoms with Gasteiger partial charge in [-0.25, -0.2) is 4.79 Å². The Hall–Kier alpha value is -1.16. The number of carbonyl (C=O) groups is 2. The highest BCUT2D eigenvalue weighted by Crippen LogP contribution is 2.16. The molecule has 1 fully saturated rings. The molecule has 0 bridgehead atoms. The predicted octanol–water partition coefficient (Wildman–Crippen LogP) is 1.21. The SMILES string of the molecule is O=C/C=C/C(=O)OCCNC1CCCCC1. The largest absolute Gasteiger partial charge is 0.461 e. The Morgan fingerprint density at radius 1 is 1.31 bits per heavy atom. The minimum atomic E-state index is -0.461. The minimum absolute atomic E-state index is 0.360. The number of hydrogen-bond donors (Lipinski definition) is 1. The average molecular weight is 225 g/mol. The molecule has 16 heavy (non-hydrogen) atoms. The maximum Gasteiger partial charge on any atom is 0.330 e. The first-order chi connectivity index (χ1) is 7.83. The summed E-state index contributed by atoms with van der Waals surface area (Å²) in [6.45, 7) is 1.05. The molecule has 0 heterocycles. The van der Waals surface area contributed by atoms with Gasteiger partial charge in [0.25, 0.3) is 0 Å². The van der Waals surface area contributed by atoms with Gasteiger partial charge in [-0.2, -0.15) is 0 Å². The highest BCUT2D eigenvalue weighted by atomic mass is 16.5. The van der Waals surface area contributed by atoms with Crippen LogP contribution in [0.3, 0.4) is 0 Å². The van der Waals surface area contributed by atoms with Crippen LogP contribution in [0.2, 0.25) is 0 Å². The molecule has 0 aliphatic heterocycles. The summed E-state index contributed by atoms with van der Waals surface area (Å²) in [6, 6.07) is 0.581. The number of hydrogen-bond acceptors (Lipinski definition) is 4. The summed E-state index contributed by atoms with van der Waals surface area (Å²) in [5.74, 6) is -0.461. The van der Waals surface area contributed by atoms with Gasteiger partial charge in [0.2, 0.25) is 0 Å². The normalized spacial score (nSPS) is 17.5. The Balaban J connectivity index is 2.00. The first kappa shape index (κ1) is 12.9. The summed E-state index contributed by atoms with van der Waals surface area (Å²) in [4.78, 5) is 20.9. The van der Waals surface area contributed by atoms with Crippen molar-refractivity contribution in [3.8, 4) is 0 Å². The lowest BCUT2D eigenvalue weighted by molar-refractivity contribution is -0.137. The lowest BCUT2D eigenvalue weighted by atomic mass is 9.96. The Kier molecular flexibility index (Phi) is 6.49. The van der Waals surface area contributed by atoms with Crippen molar-refractivity contribution < 1.29 is 14.3 Å². The maximum atomic E-state index is 11.0. The molecule has 1 aliphatic carbocycles. The molecule has 90 valence electrons. The first-order valence-corrected chi connectivity index (χ1v) is 5.85. The second kappa shape index (κ2) is 8.05. The van der Waals surface area contributed by atoms with E-state index in [1.54, 1.807) is 0 Å². The van der Waals surface area contributed by atoms with Crippen molar-refractivity contribution in [1.29, 1.82) is 0 Å². The van der Waals surface area contributed by atoms with Crippen molar-refractivity contribution >= 4 is 12.3 Å². The third kappa shape index (κ3) is 5.66. The fourth-order valence-electron chi connectivity index (χ4n) is 1.89. The topological polar surface area (TPSA) is 55.4 Å². The van der Waals surface area contributed by atoms with Crippen LogP contribution in [0.15, 0.2) is 12.2 Å². The van der Waals surface area contributed by atoms with Crippen LogP contribution in [0.5, 0.6) is 0 Å². The van der Waals surface area contributed by atoms with Gasteiger partial charge < -0.3 is 10.1 Å². The summed E-state index contributed by atoms with van der Waals surface area (Å²) >= 11 is 0. The van der Waals surface area contributed by atoms with E-state index in [0.29, 0.717) is 25.5 Å². The smallest absolute Gasteiger partial charge is 0.330 e. The average Bonchev–Trinajstić information content (AvgIpc) is 2.33. The quantitative estimate of drug-likeness (QED) is 0.319. The summed E-state index contributed by atoms with van der Waals surface area (Å²) in [5.41, 5.74) is 0. The zero-order valence-corrected chi connectivity index (χ0v) is 9.48. The lowest BCUT2D eigenvalue weighted by Crippen LogP contribution is -2.33. The van der Waals surface area contributed by atoms with Crippen LogP contribution in [0.4, 0.5) is 0 Å². The fourth-order valence-corrected chi connectivity index (χ4v) is 1.89. The monoisotopic (exact) mass is 225 g/mol. The molecule has 0 saturated heterocycles. The second-order valence-electron chi connectivity index (χ2n) is 3.95. The third-order valence-corrected chi connectivity index (χ3v) is 2.70. The zero-order chi connectivity index (χ0) is 11.6. The van der Waals surface area contributed by atoms with E-state index in [1.165, 1.54) is 32.1 Å². The van der Waals surface area contributed by atoms with Gasteiger partial charge in [-0.15, -0.1) is 0 Å². The van der Waals surface area contributed by atoms with Gasteiger partial charge >= 0.3 is 5.97 Å². The molecule has 0 aromatic heterocycles. The van der Waals surface area contributed by atoms with Gasteiger partial charge in [0.05, 0.1) is 0 Å². The molecule has 1 saturated carbocycles. The molecular formula is C12H19NO3. The van der Waals surface area contributed by atoms with Crippen LogP contribution in [-0.4, -0.2) is 31.4 Å². The van der Waals surface area contributed by atoms with E-state index in [0.717, 1.165) is 12.2 Å². The van der Waals surface area contributed by atoms with Gasteiger partial charge in [-0.05, 0) is 18.9 Å². The van der Waals surface area contributed by atoms with Crippen LogP contribution in [0.25, 0.3) is 0 Å². The number of ether oxygens (including phenoxy) is 1. The first-order valence-electron chi connectivity index (χ1n) is 5.85. The molecule has 0 spiro atoms. The van der Waals surface area contributed by atoms with Crippen LogP contribution in [-0.2, 0) is 14.3 Å². The van der Waals surface area contributed by atoms with Crippen LogP contribution in [0, 0.1) is 0 Å². The number of carbonyl (C=O) groups excluding carboxylic acids is 2. The zero-order valence-electron chi connectivity index (χ0n) is 9.48. The summed E-state index contributed by atoms with van der Waals surface area (Å²) in [5, 5.41) is 3.36. The van der Waals surface area contributed by atoms with Crippen molar-refractivity contribution in [1.82, 2.24) is 5.32 Å². The van der Waals surface area contributed by atoms with Crippen molar-refractivity contribution in [2.45, 2.75) is 38.1 Å². The van der Waals surface area contributed by atoms with E-state index in [1.807, 2.05) is 0 Å². The minimum Gasteiger partial charge on any atom is -0.461 e. The standard InChI is InChI=1S/C12H19NO3/c14-9-4-7-12(15)16-10-8-13-11-5-2-1-3-6-11/h4,7,9,11,13H,1-3,5-6,8,10H2/b7-4+. The van der Waals surface area contributed by atoms with E-state index < -0.39 is 5.97 Å². The summed E-state index contributed by atoms with van der Waals surface area (Å²) in [6.07, 6.45) is 9.19. The second-order valence-corrected chi connectivity index (χ2v) is 3.95. The number of esters is 1. The Morgan fingerprint density at radius 2 is 2.06 bits per heavy atom. The third-order valence-electron chi connectivity index (χ3n) is 2.70. The summed E-state index contributed by atoms with van der Waals surface area (Å²) in [7, 11) is 0. The van der Waals surface area contributed by atoms with E-state index in [4.69, 9.17) is 4.74 Å². The van der Waals surface area contributed by atoms with Gasteiger partial charge in [-0.3, -0.25) is 4.79 Å². The number of allylic oxidation sites excluding steroid dienone is 1. The van der Waals surface area contributed by atoms with E-state index in [9.17, 15) is 9.59 Å². The van der Waals surface area contributed by atoms with E-state index in [-0.39, 0.29) is 0 Å². The number of rotatable bonds is 6. The Morgan fingerprint density at radius 3 is 2.75 bits per heavy atom. The van der Waals surface area contributed by atoms with Crippen LogP contribution < -0.4 is 5.32 Å². The van der Waals surface area contributed by atoms with E-state index in [2.05, 4.69) is 5.32 Å². The highest BCUT2D eigenvalue weighted by Gasteiger charge is 2.11. The molecule has 0 radical (unpaired) electrons. The molecule has 0 aromatic rings. The van der Waals surface area contributed by atoms with Crippen molar-refractivity contribution in [2.24, 2.45) is 0 Å². The maximum absolute atomic E-state index is 11.0. The molecule has 0 atom stereocenters.